The molecule has 2 aliphatic heterocycles. The second-order valence-electron chi connectivity index (χ2n) is 8.20. The minimum atomic E-state index is -0.923. The van der Waals surface area contributed by atoms with Crippen molar-refractivity contribution >= 4 is 29.7 Å². The molecule has 0 aromatic heterocycles. The highest BCUT2D eigenvalue weighted by Crippen LogP contribution is 2.42. The van der Waals surface area contributed by atoms with E-state index in [0.717, 1.165) is 5.56 Å². The van der Waals surface area contributed by atoms with Crippen LogP contribution in [0.1, 0.15) is 26.3 Å². The van der Waals surface area contributed by atoms with E-state index in [4.69, 9.17) is 9.47 Å². The molecule has 3 rings (SSSR count). The summed E-state index contributed by atoms with van der Waals surface area (Å²) in [7, 11) is 2.67. The van der Waals surface area contributed by atoms with Gasteiger partial charge >= 0.3 is 12.1 Å². The molecule has 0 spiro atoms. The summed E-state index contributed by atoms with van der Waals surface area (Å²) < 4.78 is 15.3. The predicted octanol–water partition coefficient (Wildman–Crippen LogP) is 2.18. The number of nitrogens with zero attached hydrogens (tertiary/aromatic N) is 1. The van der Waals surface area contributed by atoms with E-state index in [1.54, 1.807) is 32.9 Å². The molecule has 0 saturated carbocycles. The van der Waals surface area contributed by atoms with Crippen molar-refractivity contribution in [3.05, 3.63) is 34.7 Å². The van der Waals surface area contributed by atoms with Crippen LogP contribution in [0, 0.1) is 0 Å². The molecule has 168 valence electrons. The molecular formula is C21H26N2O7S. The first-order chi connectivity index (χ1) is 14.6. The molecule has 3 atom stereocenters. The van der Waals surface area contributed by atoms with Crippen LogP contribution in [0.3, 0.4) is 0 Å². The van der Waals surface area contributed by atoms with Crippen LogP contribution in [0.5, 0.6) is 11.5 Å². The summed E-state index contributed by atoms with van der Waals surface area (Å²) in [6.07, 6.45) is -0.363. The summed E-state index contributed by atoms with van der Waals surface area (Å²) >= 11 is 1.34. The number of ether oxygens (including phenoxy) is 3. The molecule has 2 aliphatic rings. The molecule has 31 heavy (non-hydrogen) atoms. The summed E-state index contributed by atoms with van der Waals surface area (Å²) in [4.78, 5) is 38.9. The number of rotatable bonds is 5. The van der Waals surface area contributed by atoms with Crippen LogP contribution in [0.4, 0.5) is 4.79 Å². The number of carbonyl (C=O) groups is 3. The third-order valence-corrected chi connectivity index (χ3v) is 6.03. The summed E-state index contributed by atoms with van der Waals surface area (Å²) in [6.45, 7) is 5.27. The van der Waals surface area contributed by atoms with Crippen molar-refractivity contribution in [1.82, 2.24) is 10.2 Å². The van der Waals surface area contributed by atoms with Crippen LogP contribution in [0.15, 0.2) is 29.2 Å². The number of fused-ring (bicyclic) bond motifs is 1. The van der Waals surface area contributed by atoms with Crippen LogP contribution in [-0.4, -0.2) is 65.3 Å². The number of carbonyl (C=O) groups excluding carboxylic acids is 3. The molecule has 0 bridgehead atoms. The Morgan fingerprint density at radius 3 is 2.58 bits per heavy atom. The number of phenolic OH excluding ortho intramolecular Hbond substituents is 1. The molecule has 0 aliphatic carbocycles. The zero-order chi connectivity index (χ0) is 22.9. The van der Waals surface area contributed by atoms with Crippen LogP contribution in [-0.2, 0) is 25.5 Å². The first kappa shape index (κ1) is 22.8. The van der Waals surface area contributed by atoms with Crippen molar-refractivity contribution in [2.24, 2.45) is 0 Å². The Balaban J connectivity index is 1.90. The molecule has 2 heterocycles. The number of benzene rings is 1. The van der Waals surface area contributed by atoms with Crippen molar-refractivity contribution < 1.29 is 33.7 Å². The Morgan fingerprint density at radius 2 is 1.97 bits per heavy atom. The Labute approximate surface area is 184 Å². The van der Waals surface area contributed by atoms with Gasteiger partial charge in [-0.3, -0.25) is 4.79 Å². The number of nitrogens with one attached hydrogen (secondary N) is 1. The summed E-state index contributed by atoms with van der Waals surface area (Å²) in [5.74, 6) is -0.598. The van der Waals surface area contributed by atoms with Gasteiger partial charge in [0.25, 0.3) is 0 Å². The SMILES string of the molecule is COC(=O)NC1C(=O)N2C(C(=O)OC(C)(C)C)C(Cc3ccc(O)c(OC)c3)=CS[C@H]12. The van der Waals surface area contributed by atoms with Crippen LogP contribution in [0.25, 0.3) is 0 Å². The van der Waals surface area contributed by atoms with Crippen LogP contribution >= 0.6 is 11.8 Å². The number of amides is 2. The third-order valence-electron chi connectivity index (χ3n) is 4.81. The molecule has 2 unspecified atom stereocenters. The minimum absolute atomic E-state index is 0.0108. The average Bonchev–Trinajstić information content (AvgIpc) is 2.71. The zero-order valence-electron chi connectivity index (χ0n) is 18.0. The standard InChI is InChI=1S/C21H26N2O7S/c1-21(2,3)30-19(26)16-12(8-11-6-7-13(24)14(9-11)28-4)10-31-18-15(17(25)23(16)18)22-20(27)29-5/h6-7,9-10,15-16,18,24H,8H2,1-5H3,(H,22,27)/t15?,16?,18-/m1/s1. The van der Waals surface area contributed by atoms with Crippen molar-refractivity contribution in [3.63, 3.8) is 0 Å². The van der Waals surface area contributed by atoms with E-state index < -0.39 is 35.1 Å². The second kappa shape index (κ2) is 8.70. The Morgan fingerprint density at radius 1 is 1.26 bits per heavy atom. The zero-order valence-corrected chi connectivity index (χ0v) is 18.8. The largest absolute Gasteiger partial charge is 0.504 e. The lowest BCUT2D eigenvalue weighted by Gasteiger charge is -2.51. The van der Waals surface area contributed by atoms with Crippen LogP contribution in [0.2, 0.25) is 0 Å². The fraction of sp³-hybridized carbons (Fsp3) is 0.476. The van der Waals surface area contributed by atoms with E-state index in [1.165, 1.54) is 36.9 Å². The maximum atomic E-state index is 13.1. The number of hydrogen-bond acceptors (Lipinski definition) is 8. The van der Waals surface area contributed by atoms with Gasteiger partial charge in [0.2, 0.25) is 5.91 Å². The first-order valence-electron chi connectivity index (χ1n) is 9.65. The van der Waals surface area contributed by atoms with E-state index in [-0.39, 0.29) is 11.7 Å². The lowest BCUT2D eigenvalue weighted by Crippen LogP contribution is -2.74. The maximum Gasteiger partial charge on any atom is 0.407 e. The predicted molar refractivity (Wildman–Crippen MR) is 114 cm³/mol. The van der Waals surface area contributed by atoms with Crippen molar-refractivity contribution in [3.8, 4) is 11.5 Å². The molecule has 1 saturated heterocycles. The fourth-order valence-corrected chi connectivity index (χ4v) is 4.68. The first-order valence-corrected chi connectivity index (χ1v) is 10.6. The number of phenols is 1. The number of esters is 1. The van der Waals surface area contributed by atoms with Gasteiger partial charge in [0.1, 0.15) is 17.0 Å². The smallest absolute Gasteiger partial charge is 0.407 e. The topological polar surface area (TPSA) is 114 Å². The van der Waals surface area contributed by atoms with E-state index in [1.807, 2.05) is 5.41 Å². The van der Waals surface area contributed by atoms with Crippen molar-refractivity contribution in [2.75, 3.05) is 14.2 Å². The monoisotopic (exact) mass is 450 g/mol. The second-order valence-corrected chi connectivity index (χ2v) is 9.19. The van der Waals surface area contributed by atoms with E-state index in [0.29, 0.717) is 17.7 Å². The van der Waals surface area contributed by atoms with Crippen molar-refractivity contribution in [2.45, 2.75) is 50.3 Å². The number of methoxy groups -OCH3 is 2. The number of thioether (sulfide) groups is 1. The van der Waals surface area contributed by atoms with Gasteiger partial charge in [-0.15, -0.1) is 11.8 Å². The highest BCUT2D eigenvalue weighted by molar-refractivity contribution is 8.02. The lowest BCUT2D eigenvalue weighted by molar-refractivity contribution is -0.169. The van der Waals surface area contributed by atoms with Gasteiger partial charge in [0.05, 0.1) is 14.2 Å². The number of aromatic hydroxyl groups is 1. The molecule has 9 nitrogen and oxygen atoms in total. The minimum Gasteiger partial charge on any atom is -0.504 e. The van der Waals surface area contributed by atoms with Crippen LogP contribution < -0.4 is 10.1 Å². The number of β-lactam (4-membered cyclic amide) rings is 1. The lowest BCUT2D eigenvalue weighted by atomic mass is 9.93. The van der Waals surface area contributed by atoms with E-state index >= 15 is 0 Å². The quantitative estimate of drug-likeness (QED) is 0.518. The third kappa shape index (κ3) is 4.73. The molecular weight excluding hydrogens is 424 g/mol. The Bertz CT molecular complexity index is 925. The van der Waals surface area contributed by atoms with E-state index in [9.17, 15) is 19.5 Å². The fourth-order valence-electron chi connectivity index (χ4n) is 3.45. The van der Waals surface area contributed by atoms with Gasteiger partial charge in [-0.2, -0.15) is 0 Å². The molecule has 1 fully saturated rings. The van der Waals surface area contributed by atoms with Gasteiger partial charge in [-0.1, -0.05) is 6.07 Å². The van der Waals surface area contributed by atoms with Gasteiger partial charge in [-0.05, 0) is 55.9 Å². The summed E-state index contributed by atoms with van der Waals surface area (Å²) in [6, 6.07) is 3.21. The summed E-state index contributed by atoms with van der Waals surface area (Å²) in [5, 5.41) is 13.7. The molecule has 10 heteroatoms. The Hall–Kier alpha value is -2.88. The number of hydrogen-bond donors (Lipinski definition) is 2. The van der Waals surface area contributed by atoms with E-state index in [2.05, 4.69) is 10.1 Å². The molecule has 1 aromatic rings. The maximum absolute atomic E-state index is 13.1. The Kier molecular flexibility index (Phi) is 6.40. The van der Waals surface area contributed by atoms with Gasteiger partial charge < -0.3 is 29.5 Å². The number of alkyl carbamates (subject to hydrolysis) is 1. The highest BCUT2D eigenvalue weighted by atomic mass is 32.2. The molecule has 1 aromatic carbocycles. The molecule has 2 amide bonds. The molecule has 0 radical (unpaired) electrons. The average molecular weight is 451 g/mol. The van der Waals surface area contributed by atoms with Gasteiger partial charge in [-0.25, -0.2) is 9.59 Å². The summed E-state index contributed by atoms with van der Waals surface area (Å²) in [5.41, 5.74) is 0.737. The normalized spacial score (nSPS) is 22.6. The van der Waals surface area contributed by atoms with Crippen molar-refractivity contribution in [1.29, 1.82) is 0 Å². The molecule has 2 N–H and O–H groups in total. The highest BCUT2D eigenvalue weighted by Gasteiger charge is 2.56. The van der Waals surface area contributed by atoms with Gasteiger partial charge in [0.15, 0.2) is 17.5 Å². The van der Waals surface area contributed by atoms with Gasteiger partial charge in [0, 0.05) is 0 Å².